The van der Waals surface area contributed by atoms with Crippen LogP contribution in [0.25, 0.3) is 10.9 Å². The van der Waals surface area contributed by atoms with Gasteiger partial charge < -0.3 is 25.4 Å². The molecule has 1 aromatic heterocycles. The van der Waals surface area contributed by atoms with Crippen LogP contribution in [0.1, 0.15) is 5.56 Å². The molecule has 0 unspecified atom stereocenters. The minimum atomic E-state index is -0.376. The number of pyridine rings is 1. The number of hydrogen-bond donors (Lipinski definition) is 3. The van der Waals surface area contributed by atoms with Crippen molar-refractivity contribution in [1.29, 1.82) is 0 Å². The average molecular weight is 428 g/mol. The zero-order valence-corrected chi connectivity index (χ0v) is 17.9. The van der Waals surface area contributed by atoms with Crippen molar-refractivity contribution in [2.45, 2.75) is 6.54 Å². The normalized spacial score (nSPS) is 10.4. The molecule has 0 radical (unpaired) electrons. The number of rotatable bonds is 7. The Morgan fingerprint density at radius 3 is 2.28 bits per heavy atom. The fraction of sp³-hybridized carbons (Fsp3) is 0.120. The molecule has 0 saturated carbocycles. The molecular formula is C25H24N4O3. The Labute approximate surface area is 186 Å². The molecule has 0 saturated heterocycles. The third-order valence-electron chi connectivity index (χ3n) is 4.93. The number of nitrogens with zero attached hydrogens (tertiary/aromatic N) is 1. The molecule has 162 valence electrons. The zero-order chi connectivity index (χ0) is 22.3. The van der Waals surface area contributed by atoms with E-state index in [2.05, 4.69) is 20.9 Å². The molecule has 3 N–H and O–H groups in total. The molecule has 0 aliphatic rings. The van der Waals surface area contributed by atoms with Crippen molar-refractivity contribution in [3.05, 3.63) is 84.4 Å². The molecule has 7 nitrogen and oxygen atoms in total. The summed E-state index contributed by atoms with van der Waals surface area (Å²) in [6.45, 7) is 0.687. The summed E-state index contributed by atoms with van der Waals surface area (Å²) in [4.78, 5) is 16.9. The van der Waals surface area contributed by atoms with E-state index in [9.17, 15) is 4.79 Å². The smallest absolute Gasteiger partial charge is 0.323 e. The average Bonchev–Trinajstić information content (AvgIpc) is 2.83. The Kier molecular flexibility index (Phi) is 6.36. The standard InChI is InChI=1S/C25H24N4O3/c1-31-21-13-7-17(8-14-21)16-26-19-9-11-20(12-10-19)27-25(30)29-23-15-18-5-3-4-6-22(18)28-24(23)32-2/h3-15,26H,16H2,1-2H3,(H2,27,29,30). The number of urea groups is 1. The van der Waals surface area contributed by atoms with Gasteiger partial charge in [0.1, 0.15) is 11.4 Å². The van der Waals surface area contributed by atoms with Crippen molar-refractivity contribution in [2.24, 2.45) is 0 Å². The van der Waals surface area contributed by atoms with E-state index < -0.39 is 0 Å². The fourth-order valence-corrected chi connectivity index (χ4v) is 3.25. The van der Waals surface area contributed by atoms with Gasteiger partial charge in [0.2, 0.25) is 5.88 Å². The number of methoxy groups -OCH3 is 2. The van der Waals surface area contributed by atoms with E-state index in [-0.39, 0.29) is 6.03 Å². The number of carbonyl (C=O) groups excluding carboxylic acids is 1. The molecule has 4 aromatic rings. The molecule has 7 heteroatoms. The highest BCUT2D eigenvalue weighted by Crippen LogP contribution is 2.27. The van der Waals surface area contributed by atoms with E-state index >= 15 is 0 Å². The summed E-state index contributed by atoms with van der Waals surface area (Å²) in [5, 5.41) is 9.91. The Bertz CT molecular complexity index is 1210. The SMILES string of the molecule is COc1ccc(CNc2ccc(NC(=O)Nc3cc4ccccc4nc3OC)cc2)cc1. The summed E-state index contributed by atoms with van der Waals surface area (Å²) in [6.07, 6.45) is 0. The van der Waals surface area contributed by atoms with Gasteiger partial charge in [0.05, 0.1) is 19.7 Å². The van der Waals surface area contributed by atoms with Gasteiger partial charge >= 0.3 is 6.03 Å². The monoisotopic (exact) mass is 428 g/mol. The lowest BCUT2D eigenvalue weighted by atomic mass is 10.2. The molecule has 0 bridgehead atoms. The number of fused-ring (bicyclic) bond motifs is 1. The van der Waals surface area contributed by atoms with Crippen LogP contribution in [0.2, 0.25) is 0 Å². The van der Waals surface area contributed by atoms with E-state index in [0.717, 1.165) is 27.9 Å². The van der Waals surface area contributed by atoms with Gasteiger partial charge in [-0.25, -0.2) is 9.78 Å². The minimum Gasteiger partial charge on any atom is -0.497 e. The summed E-state index contributed by atoms with van der Waals surface area (Å²) in [7, 11) is 3.18. The molecule has 1 heterocycles. The van der Waals surface area contributed by atoms with Gasteiger partial charge in [0.25, 0.3) is 0 Å². The van der Waals surface area contributed by atoms with Crippen LogP contribution in [0.4, 0.5) is 21.9 Å². The molecule has 0 atom stereocenters. The maximum Gasteiger partial charge on any atom is 0.323 e. The number of anilines is 3. The highest BCUT2D eigenvalue weighted by atomic mass is 16.5. The second-order valence-electron chi connectivity index (χ2n) is 7.10. The lowest BCUT2D eigenvalue weighted by Crippen LogP contribution is -2.20. The lowest BCUT2D eigenvalue weighted by molar-refractivity contribution is 0.262. The van der Waals surface area contributed by atoms with E-state index in [1.807, 2.05) is 78.9 Å². The number of carbonyl (C=O) groups is 1. The summed E-state index contributed by atoms with van der Waals surface area (Å²) in [6, 6.07) is 24.5. The Morgan fingerprint density at radius 2 is 1.56 bits per heavy atom. The number of nitrogens with one attached hydrogen (secondary N) is 3. The molecular weight excluding hydrogens is 404 g/mol. The molecule has 3 aromatic carbocycles. The van der Waals surface area contributed by atoms with Gasteiger partial charge in [-0.15, -0.1) is 0 Å². The van der Waals surface area contributed by atoms with Gasteiger partial charge in [0, 0.05) is 23.3 Å². The molecule has 4 rings (SSSR count). The summed E-state index contributed by atoms with van der Waals surface area (Å²) in [5.41, 5.74) is 4.07. The first-order chi connectivity index (χ1) is 15.6. The third-order valence-corrected chi connectivity index (χ3v) is 4.93. The summed E-state index contributed by atoms with van der Waals surface area (Å²) < 4.78 is 10.5. The quantitative estimate of drug-likeness (QED) is 0.362. The van der Waals surface area contributed by atoms with Gasteiger partial charge in [-0.3, -0.25) is 0 Å². The van der Waals surface area contributed by atoms with Crippen LogP contribution in [0.5, 0.6) is 11.6 Å². The number of para-hydroxylation sites is 1. The Morgan fingerprint density at radius 1 is 0.844 bits per heavy atom. The first kappa shape index (κ1) is 21.0. The van der Waals surface area contributed by atoms with Crippen LogP contribution < -0.4 is 25.4 Å². The van der Waals surface area contributed by atoms with E-state index in [1.54, 1.807) is 7.11 Å². The summed E-state index contributed by atoms with van der Waals surface area (Å²) in [5.74, 6) is 1.19. The molecule has 2 amide bonds. The number of ether oxygens (including phenoxy) is 2. The molecule has 0 aliphatic heterocycles. The number of aromatic nitrogens is 1. The molecule has 0 aliphatic carbocycles. The van der Waals surface area contributed by atoms with E-state index in [0.29, 0.717) is 23.8 Å². The van der Waals surface area contributed by atoms with Crippen LogP contribution >= 0.6 is 0 Å². The van der Waals surface area contributed by atoms with Crippen LogP contribution in [0.3, 0.4) is 0 Å². The van der Waals surface area contributed by atoms with Crippen molar-refractivity contribution in [3.63, 3.8) is 0 Å². The summed E-state index contributed by atoms with van der Waals surface area (Å²) >= 11 is 0. The first-order valence-corrected chi connectivity index (χ1v) is 10.1. The van der Waals surface area contributed by atoms with Crippen molar-refractivity contribution in [1.82, 2.24) is 4.98 Å². The van der Waals surface area contributed by atoms with Crippen molar-refractivity contribution in [3.8, 4) is 11.6 Å². The highest BCUT2D eigenvalue weighted by Gasteiger charge is 2.11. The van der Waals surface area contributed by atoms with Gasteiger partial charge in [-0.1, -0.05) is 30.3 Å². The predicted octanol–water partition coefficient (Wildman–Crippen LogP) is 5.51. The van der Waals surface area contributed by atoms with Crippen molar-refractivity contribution < 1.29 is 14.3 Å². The minimum absolute atomic E-state index is 0.358. The Balaban J connectivity index is 1.36. The third kappa shape index (κ3) is 5.07. The van der Waals surface area contributed by atoms with Gasteiger partial charge in [-0.2, -0.15) is 0 Å². The largest absolute Gasteiger partial charge is 0.497 e. The second kappa shape index (κ2) is 9.70. The number of benzene rings is 3. The lowest BCUT2D eigenvalue weighted by Gasteiger charge is -2.12. The Hall–Kier alpha value is -4.26. The predicted molar refractivity (Wildman–Crippen MR) is 128 cm³/mol. The highest BCUT2D eigenvalue weighted by molar-refractivity contribution is 6.01. The van der Waals surface area contributed by atoms with Crippen LogP contribution in [0.15, 0.2) is 78.9 Å². The molecule has 0 fully saturated rings. The molecule has 32 heavy (non-hydrogen) atoms. The van der Waals surface area contributed by atoms with Gasteiger partial charge in [-0.05, 0) is 54.1 Å². The van der Waals surface area contributed by atoms with Crippen molar-refractivity contribution >= 4 is 34.0 Å². The second-order valence-corrected chi connectivity index (χ2v) is 7.10. The number of hydrogen-bond acceptors (Lipinski definition) is 5. The van der Waals surface area contributed by atoms with Crippen LogP contribution in [0, 0.1) is 0 Å². The van der Waals surface area contributed by atoms with Crippen LogP contribution in [-0.4, -0.2) is 25.2 Å². The first-order valence-electron chi connectivity index (χ1n) is 10.1. The topological polar surface area (TPSA) is 84.5 Å². The maximum absolute atomic E-state index is 12.5. The van der Waals surface area contributed by atoms with Crippen LogP contribution in [-0.2, 0) is 6.54 Å². The van der Waals surface area contributed by atoms with Crippen molar-refractivity contribution in [2.75, 3.05) is 30.2 Å². The van der Waals surface area contributed by atoms with E-state index in [4.69, 9.17) is 9.47 Å². The van der Waals surface area contributed by atoms with E-state index in [1.165, 1.54) is 7.11 Å². The van der Waals surface area contributed by atoms with Gasteiger partial charge in [0.15, 0.2) is 0 Å². The zero-order valence-electron chi connectivity index (χ0n) is 17.9. The maximum atomic E-state index is 12.5. The molecule has 0 spiro atoms. The number of amides is 2. The fourth-order valence-electron chi connectivity index (χ4n) is 3.25.